The largest absolute Gasteiger partial charge is 0.495 e. The van der Waals surface area contributed by atoms with Gasteiger partial charge in [0.25, 0.3) is 11.6 Å². The van der Waals surface area contributed by atoms with Crippen LogP contribution in [0.1, 0.15) is 15.9 Å². The van der Waals surface area contributed by atoms with Gasteiger partial charge in [-0.1, -0.05) is 41.3 Å². The minimum absolute atomic E-state index is 0.0881. The molecule has 0 aliphatic rings. The molecule has 2 amide bonds. The lowest BCUT2D eigenvalue weighted by molar-refractivity contribution is -0.385. The molecule has 10 nitrogen and oxygen atoms in total. The van der Waals surface area contributed by atoms with E-state index in [1.807, 2.05) is 0 Å². The third-order valence-corrected chi connectivity index (χ3v) is 5.97. The first-order valence-electron chi connectivity index (χ1n) is 8.83. The molecule has 1 aromatic heterocycles. The lowest BCUT2D eigenvalue weighted by Gasteiger charge is -2.08. The van der Waals surface area contributed by atoms with Crippen LogP contribution < -0.4 is 15.4 Å². The van der Waals surface area contributed by atoms with Crippen molar-refractivity contribution >= 4 is 51.4 Å². The molecule has 0 atom stereocenters. The molecule has 0 saturated heterocycles. The number of para-hydroxylation sites is 2. The zero-order valence-electron chi connectivity index (χ0n) is 16.4. The highest BCUT2D eigenvalue weighted by Gasteiger charge is 2.17. The summed E-state index contributed by atoms with van der Waals surface area (Å²) in [6.45, 7) is 1.60. The molecule has 3 aromatic rings. The van der Waals surface area contributed by atoms with Crippen molar-refractivity contribution in [2.24, 2.45) is 0 Å². The van der Waals surface area contributed by atoms with Crippen LogP contribution in [0.5, 0.6) is 5.75 Å². The summed E-state index contributed by atoms with van der Waals surface area (Å²) in [5.41, 5.74) is 1.02. The minimum atomic E-state index is -0.540. The second-order valence-corrected chi connectivity index (χ2v) is 8.32. The zero-order chi connectivity index (χ0) is 22.4. The second-order valence-electron chi connectivity index (χ2n) is 6.12. The number of hydrogen-bond donors (Lipinski definition) is 2. The van der Waals surface area contributed by atoms with Gasteiger partial charge in [0, 0.05) is 17.2 Å². The Hall–Kier alpha value is -3.51. The number of benzene rings is 2. The number of methoxy groups -OCH3 is 1. The maximum absolute atomic E-state index is 12.4. The number of amides is 2. The first-order valence-corrected chi connectivity index (χ1v) is 10.6. The molecule has 160 valence electrons. The average Bonchev–Trinajstić information content (AvgIpc) is 3.20. The standard InChI is InChI=1S/C19H17N5O5S2/c1-11-7-8-12(9-14(11)24(27)28)17(26)21-18-22-23-19(31-18)30-10-16(25)20-13-5-3-4-6-15(13)29-2/h3-9H,10H2,1-2H3,(H,20,25)(H,21,22,26). The topological polar surface area (TPSA) is 136 Å². The van der Waals surface area contributed by atoms with E-state index < -0.39 is 10.8 Å². The number of nitro benzene ring substituents is 1. The van der Waals surface area contributed by atoms with Crippen LogP contribution in [-0.2, 0) is 4.79 Å². The molecular weight excluding hydrogens is 442 g/mol. The third kappa shape index (κ3) is 5.77. The SMILES string of the molecule is COc1ccccc1NC(=O)CSc1nnc(NC(=O)c2ccc(C)c([N+](=O)[O-])c2)s1. The molecule has 3 rings (SSSR count). The molecule has 31 heavy (non-hydrogen) atoms. The van der Waals surface area contributed by atoms with Crippen LogP contribution in [0.3, 0.4) is 0 Å². The number of aryl methyl sites for hydroxylation is 1. The molecule has 0 aliphatic carbocycles. The maximum atomic E-state index is 12.4. The monoisotopic (exact) mass is 459 g/mol. The summed E-state index contributed by atoms with van der Waals surface area (Å²) in [5.74, 6) is -0.143. The van der Waals surface area contributed by atoms with Crippen LogP contribution in [0.15, 0.2) is 46.8 Å². The van der Waals surface area contributed by atoms with Crippen LogP contribution in [0.25, 0.3) is 0 Å². The molecule has 0 fully saturated rings. The Balaban J connectivity index is 1.57. The van der Waals surface area contributed by atoms with Crippen molar-refractivity contribution in [3.05, 3.63) is 63.7 Å². The number of nitrogens with one attached hydrogen (secondary N) is 2. The fourth-order valence-electron chi connectivity index (χ4n) is 2.50. The van der Waals surface area contributed by atoms with E-state index in [9.17, 15) is 19.7 Å². The number of aromatic nitrogens is 2. The Labute approximate surface area is 185 Å². The normalized spacial score (nSPS) is 10.4. The van der Waals surface area contributed by atoms with Gasteiger partial charge in [-0.05, 0) is 25.1 Å². The number of nitrogens with zero attached hydrogens (tertiary/aromatic N) is 3. The molecule has 2 N–H and O–H groups in total. The van der Waals surface area contributed by atoms with Crippen LogP contribution in [-0.4, -0.2) is 39.8 Å². The van der Waals surface area contributed by atoms with Crippen molar-refractivity contribution in [3.8, 4) is 5.75 Å². The van der Waals surface area contributed by atoms with Gasteiger partial charge in [-0.15, -0.1) is 10.2 Å². The summed E-state index contributed by atoms with van der Waals surface area (Å²) in [6, 6.07) is 11.3. The number of anilines is 2. The van der Waals surface area contributed by atoms with Gasteiger partial charge in [-0.3, -0.25) is 25.0 Å². The fourth-order valence-corrected chi connectivity index (χ4v) is 4.04. The molecule has 0 bridgehead atoms. The summed E-state index contributed by atoms with van der Waals surface area (Å²) in [6.07, 6.45) is 0. The summed E-state index contributed by atoms with van der Waals surface area (Å²) in [4.78, 5) is 35.1. The number of nitro groups is 1. The van der Waals surface area contributed by atoms with Crippen molar-refractivity contribution in [1.29, 1.82) is 0 Å². The first kappa shape index (κ1) is 22.2. The summed E-state index contributed by atoms with van der Waals surface area (Å²) in [7, 11) is 1.52. The number of ether oxygens (including phenoxy) is 1. The smallest absolute Gasteiger partial charge is 0.273 e. The van der Waals surface area contributed by atoms with Crippen LogP contribution in [0, 0.1) is 17.0 Å². The van der Waals surface area contributed by atoms with E-state index in [0.29, 0.717) is 21.3 Å². The van der Waals surface area contributed by atoms with Gasteiger partial charge in [0.1, 0.15) is 5.75 Å². The van der Waals surface area contributed by atoms with E-state index in [-0.39, 0.29) is 28.0 Å². The lowest BCUT2D eigenvalue weighted by Crippen LogP contribution is -2.14. The molecule has 0 aliphatic heterocycles. The van der Waals surface area contributed by atoms with Gasteiger partial charge in [0.05, 0.1) is 23.5 Å². The van der Waals surface area contributed by atoms with Crippen LogP contribution >= 0.6 is 23.1 Å². The molecule has 2 aromatic carbocycles. The van der Waals surface area contributed by atoms with Gasteiger partial charge >= 0.3 is 0 Å². The fraction of sp³-hybridized carbons (Fsp3) is 0.158. The average molecular weight is 460 g/mol. The Kier molecular flexibility index (Phi) is 7.15. The molecule has 0 saturated carbocycles. The number of carbonyl (C=O) groups excluding carboxylic acids is 2. The highest BCUT2D eigenvalue weighted by Crippen LogP contribution is 2.28. The summed E-state index contributed by atoms with van der Waals surface area (Å²) < 4.78 is 5.68. The number of thioether (sulfide) groups is 1. The van der Waals surface area contributed by atoms with Gasteiger partial charge < -0.3 is 10.1 Å². The van der Waals surface area contributed by atoms with Gasteiger partial charge in [-0.25, -0.2) is 0 Å². The molecule has 0 spiro atoms. The van der Waals surface area contributed by atoms with Crippen molar-refractivity contribution in [1.82, 2.24) is 10.2 Å². The quantitative estimate of drug-likeness (QED) is 0.225. The predicted octanol–water partition coefficient (Wildman–Crippen LogP) is 3.75. The summed E-state index contributed by atoms with van der Waals surface area (Å²) >= 11 is 2.26. The van der Waals surface area contributed by atoms with E-state index in [1.165, 1.54) is 25.3 Å². The number of rotatable bonds is 8. The number of carbonyl (C=O) groups is 2. The molecule has 12 heteroatoms. The Morgan fingerprint density at radius 1 is 1.19 bits per heavy atom. The van der Waals surface area contributed by atoms with E-state index >= 15 is 0 Å². The highest BCUT2D eigenvalue weighted by atomic mass is 32.2. The van der Waals surface area contributed by atoms with E-state index in [1.54, 1.807) is 31.2 Å². The number of hydrogen-bond acceptors (Lipinski definition) is 9. The maximum Gasteiger partial charge on any atom is 0.273 e. The molecule has 1 heterocycles. The Morgan fingerprint density at radius 3 is 2.71 bits per heavy atom. The Bertz CT molecular complexity index is 1130. The van der Waals surface area contributed by atoms with Gasteiger partial charge in [-0.2, -0.15) is 0 Å². The van der Waals surface area contributed by atoms with E-state index in [4.69, 9.17) is 4.74 Å². The van der Waals surface area contributed by atoms with Crippen LogP contribution in [0.4, 0.5) is 16.5 Å². The van der Waals surface area contributed by atoms with E-state index in [0.717, 1.165) is 23.1 Å². The third-order valence-electron chi connectivity index (χ3n) is 4.00. The predicted molar refractivity (Wildman–Crippen MR) is 118 cm³/mol. The lowest BCUT2D eigenvalue weighted by atomic mass is 10.1. The second kappa shape index (κ2) is 10.00. The Morgan fingerprint density at radius 2 is 1.97 bits per heavy atom. The van der Waals surface area contributed by atoms with Crippen molar-refractivity contribution in [2.75, 3.05) is 23.5 Å². The highest BCUT2D eigenvalue weighted by molar-refractivity contribution is 8.01. The molecule has 0 radical (unpaired) electrons. The van der Waals surface area contributed by atoms with Crippen molar-refractivity contribution < 1.29 is 19.2 Å². The van der Waals surface area contributed by atoms with Gasteiger partial charge in [0.15, 0.2) is 4.34 Å². The first-order chi connectivity index (χ1) is 14.9. The van der Waals surface area contributed by atoms with Gasteiger partial charge in [0.2, 0.25) is 11.0 Å². The zero-order valence-corrected chi connectivity index (χ0v) is 18.1. The van der Waals surface area contributed by atoms with Crippen molar-refractivity contribution in [2.45, 2.75) is 11.3 Å². The minimum Gasteiger partial charge on any atom is -0.495 e. The van der Waals surface area contributed by atoms with E-state index in [2.05, 4.69) is 20.8 Å². The molecule has 0 unspecified atom stereocenters. The summed E-state index contributed by atoms with van der Waals surface area (Å²) in [5, 5.41) is 24.4. The van der Waals surface area contributed by atoms with Crippen molar-refractivity contribution in [3.63, 3.8) is 0 Å². The van der Waals surface area contributed by atoms with Crippen LogP contribution in [0.2, 0.25) is 0 Å². The molecular formula is C19H17N5O5S2.